The number of anilines is 1. The maximum Gasteiger partial charge on any atom is 0.240 e. The molecule has 0 aliphatic carbocycles. The van der Waals surface area contributed by atoms with Crippen LogP contribution >= 0.6 is 15.9 Å². The van der Waals surface area contributed by atoms with Crippen molar-refractivity contribution in [2.75, 3.05) is 4.90 Å². The van der Waals surface area contributed by atoms with Crippen LogP contribution in [0.2, 0.25) is 0 Å². The van der Waals surface area contributed by atoms with Crippen LogP contribution in [0.15, 0.2) is 23.1 Å². The van der Waals surface area contributed by atoms with Crippen molar-refractivity contribution in [1.29, 1.82) is 0 Å². The van der Waals surface area contributed by atoms with Crippen molar-refractivity contribution in [3.05, 3.63) is 23.1 Å². The van der Waals surface area contributed by atoms with Crippen molar-refractivity contribution in [3.8, 4) is 0 Å². The van der Waals surface area contributed by atoms with E-state index in [1.807, 2.05) is 0 Å². The summed E-state index contributed by atoms with van der Waals surface area (Å²) < 4.78 is 0.720. The van der Waals surface area contributed by atoms with E-state index < -0.39 is 10.8 Å². The molecule has 2 heterocycles. The normalized spacial score (nSPS) is 12.3. The zero-order valence-corrected chi connectivity index (χ0v) is 16.3. The maximum atomic E-state index is 13.0. The number of halogens is 1. The van der Waals surface area contributed by atoms with Crippen molar-refractivity contribution in [3.63, 3.8) is 0 Å². The highest BCUT2D eigenvalue weighted by Crippen LogP contribution is 2.31. The van der Waals surface area contributed by atoms with E-state index in [0.29, 0.717) is 11.0 Å². The second-order valence-electron chi connectivity index (χ2n) is 7.67. The van der Waals surface area contributed by atoms with Gasteiger partial charge in [0.15, 0.2) is 11.5 Å². The topological polar surface area (TPSA) is 76.1 Å². The minimum atomic E-state index is -0.738. The molecule has 2 aromatic heterocycles. The van der Waals surface area contributed by atoms with Crippen molar-refractivity contribution in [1.82, 2.24) is 15.0 Å². The minimum absolute atomic E-state index is 0.258. The molecule has 0 bridgehead atoms. The number of fused-ring (bicyclic) bond motifs is 1. The molecule has 24 heavy (non-hydrogen) atoms. The highest BCUT2D eigenvalue weighted by Gasteiger charge is 2.39. The van der Waals surface area contributed by atoms with Gasteiger partial charge in [-0.2, -0.15) is 0 Å². The van der Waals surface area contributed by atoms with Crippen LogP contribution in [0.1, 0.15) is 41.5 Å². The predicted molar refractivity (Wildman–Crippen MR) is 96.4 cm³/mol. The van der Waals surface area contributed by atoms with Crippen LogP contribution in [0.25, 0.3) is 11.0 Å². The van der Waals surface area contributed by atoms with Crippen LogP contribution in [-0.2, 0) is 9.59 Å². The third-order valence-electron chi connectivity index (χ3n) is 3.34. The Kier molecular flexibility index (Phi) is 4.77. The lowest BCUT2D eigenvalue weighted by Crippen LogP contribution is -2.48. The third-order valence-corrected chi connectivity index (χ3v) is 3.77. The molecule has 0 atom stereocenters. The molecule has 0 saturated heterocycles. The summed E-state index contributed by atoms with van der Waals surface area (Å²) in [7, 11) is 0. The second-order valence-corrected chi connectivity index (χ2v) is 8.58. The molecule has 0 aliphatic rings. The fourth-order valence-electron chi connectivity index (χ4n) is 2.04. The van der Waals surface area contributed by atoms with Gasteiger partial charge in [-0.1, -0.05) is 41.5 Å². The molecule has 128 valence electrons. The quantitative estimate of drug-likeness (QED) is 0.738. The second kappa shape index (κ2) is 6.20. The first-order valence-corrected chi connectivity index (χ1v) is 8.37. The van der Waals surface area contributed by atoms with Crippen molar-refractivity contribution < 1.29 is 9.59 Å². The Balaban J connectivity index is 2.75. The van der Waals surface area contributed by atoms with E-state index >= 15 is 0 Å². The monoisotopic (exact) mass is 392 g/mol. The smallest absolute Gasteiger partial charge is 0.240 e. The summed E-state index contributed by atoms with van der Waals surface area (Å²) in [5, 5.41) is 0.544. The zero-order valence-electron chi connectivity index (χ0n) is 14.7. The number of hydrogen-bond donors (Lipinski definition) is 0. The number of imide groups is 1. The van der Waals surface area contributed by atoms with Gasteiger partial charge in [0.25, 0.3) is 0 Å². The molecule has 2 rings (SSSR count). The first-order valence-electron chi connectivity index (χ1n) is 7.58. The molecule has 0 N–H and O–H groups in total. The van der Waals surface area contributed by atoms with Crippen LogP contribution in [0, 0.1) is 10.8 Å². The average Bonchev–Trinajstić information content (AvgIpc) is 2.45. The molecule has 0 aliphatic heterocycles. The summed E-state index contributed by atoms with van der Waals surface area (Å²) in [6.45, 7) is 10.6. The summed E-state index contributed by atoms with van der Waals surface area (Å²) in [5.41, 5.74) is -1.05. The summed E-state index contributed by atoms with van der Waals surface area (Å²) in [6, 6.07) is 1.76. The SMILES string of the molecule is CC(C)(C)C(=O)N(C(=O)C(C)(C)C)c1ncnc2ncc(Br)cc12. The number of rotatable bonds is 1. The van der Waals surface area contributed by atoms with Gasteiger partial charge in [-0.15, -0.1) is 0 Å². The van der Waals surface area contributed by atoms with E-state index in [0.717, 1.165) is 9.37 Å². The van der Waals surface area contributed by atoms with E-state index in [1.165, 1.54) is 6.33 Å². The van der Waals surface area contributed by atoms with Gasteiger partial charge in [0.2, 0.25) is 11.8 Å². The van der Waals surface area contributed by atoms with Crippen LogP contribution in [0.5, 0.6) is 0 Å². The largest absolute Gasteiger partial charge is 0.273 e. The van der Waals surface area contributed by atoms with E-state index in [-0.39, 0.29) is 17.6 Å². The summed E-state index contributed by atoms with van der Waals surface area (Å²) in [4.78, 5) is 39.7. The van der Waals surface area contributed by atoms with Gasteiger partial charge < -0.3 is 0 Å². The fraction of sp³-hybridized carbons (Fsp3) is 0.471. The van der Waals surface area contributed by atoms with Gasteiger partial charge in [0, 0.05) is 21.5 Å². The Bertz CT molecular complexity index is 780. The molecular weight excluding hydrogens is 372 g/mol. The molecule has 0 spiro atoms. The number of aromatic nitrogens is 3. The van der Waals surface area contributed by atoms with Gasteiger partial charge in [-0.3, -0.25) is 9.59 Å². The fourth-order valence-corrected chi connectivity index (χ4v) is 2.37. The van der Waals surface area contributed by atoms with Gasteiger partial charge in [-0.05, 0) is 22.0 Å². The Morgan fingerprint density at radius 2 is 1.50 bits per heavy atom. The maximum absolute atomic E-state index is 13.0. The van der Waals surface area contributed by atoms with Crippen LogP contribution in [0.4, 0.5) is 5.82 Å². The minimum Gasteiger partial charge on any atom is -0.273 e. The Morgan fingerprint density at radius 3 is 2.00 bits per heavy atom. The van der Waals surface area contributed by atoms with E-state index in [9.17, 15) is 9.59 Å². The van der Waals surface area contributed by atoms with Gasteiger partial charge in [0.05, 0.1) is 5.39 Å². The highest BCUT2D eigenvalue weighted by molar-refractivity contribution is 9.10. The highest BCUT2D eigenvalue weighted by atomic mass is 79.9. The molecule has 0 aromatic carbocycles. The third kappa shape index (κ3) is 3.61. The lowest BCUT2D eigenvalue weighted by Gasteiger charge is -2.32. The first kappa shape index (κ1) is 18.4. The number of carbonyl (C=O) groups is 2. The number of nitrogens with zero attached hydrogens (tertiary/aromatic N) is 4. The van der Waals surface area contributed by atoms with E-state index in [4.69, 9.17) is 0 Å². The predicted octanol–water partition coefficient (Wildman–Crippen LogP) is 3.74. The Hall–Kier alpha value is -1.89. The average molecular weight is 393 g/mol. The number of hydrogen-bond acceptors (Lipinski definition) is 5. The van der Waals surface area contributed by atoms with Gasteiger partial charge in [0.1, 0.15) is 6.33 Å². The molecule has 0 unspecified atom stereocenters. The van der Waals surface area contributed by atoms with Crippen LogP contribution in [0.3, 0.4) is 0 Å². The van der Waals surface area contributed by atoms with Crippen molar-refractivity contribution in [2.24, 2.45) is 10.8 Å². The molecule has 0 fully saturated rings. The Labute approximate surface area is 149 Å². The van der Waals surface area contributed by atoms with E-state index in [2.05, 4.69) is 30.9 Å². The lowest BCUT2D eigenvalue weighted by atomic mass is 9.90. The summed E-state index contributed by atoms with van der Waals surface area (Å²) in [6.07, 6.45) is 2.93. The Morgan fingerprint density at radius 1 is 0.958 bits per heavy atom. The summed E-state index contributed by atoms with van der Waals surface area (Å²) >= 11 is 3.36. The molecule has 2 amide bonds. The molecule has 7 heteroatoms. The standard InChI is InChI=1S/C17H21BrN4O2/c1-16(2,3)14(23)22(15(24)17(4,5)6)13-11-7-10(18)8-19-12(11)20-9-21-13/h7-9H,1-6H3. The molecule has 0 saturated carbocycles. The van der Waals surface area contributed by atoms with E-state index in [1.54, 1.807) is 53.8 Å². The number of carbonyl (C=O) groups excluding carboxylic acids is 2. The van der Waals surface area contributed by atoms with Crippen molar-refractivity contribution in [2.45, 2.75) is 41.5 Å². The number of pyridine rings is 1. The number of amides is 2. The lowest BCUT2D eigenvalue weighted by molar-refractivity contribution is -0.134. The van der Waals surface area contributed by atoms with Crippen LogP contribution < -0.4 is 4.90 Å². The van der Waals surface area contributed by atoms with Gasteiger partial charge in [-0.25, -0.2) is 19.9 Å². The summed E-state index contributed by atoms with van der Waals surface area (Å²) in [5.74, 6) is -0.376. The zero-order chi connectivity index (χ0) is 18.3. The molecular formula is C17H21BrN4O2. The molecule has 2 aromatic rings. The van der Waals surface area contributed by atoms with Gasteiger partial charge >= 0.3 is 0 Å². The van der Waals surface area contributed by atoms with Crippen LogP contribution in [-0.4, -0.2) is 26.8 Å². The molecule has 0 radical (unpaired) electrons. The van der Waals surface area contributed by atoms with Crippen molar-refractivity contribution >= 4 is 44.6 Å². The molecule has 6 nitrogen and oxygen atoms in total. The first-order chi connectivity index (χ1) is 10.9.